The smallest absolute Gasteiger partial charge is 0.330 e. The zero-order valence-corrected chi connectivity index (χ0v) is 22.3. The summed E-state index contributed by atoms with van der Waals surface area (Å²) in [5, 5.41) is 0. The van der Waals surface area contributed by atoms with E-state index in [4.69, 9.17) is 33.2 Å². The van der Waals surface area contributed by atoms with Crippen LogP contribution in [0.15, 0.2) is 12.7 Å². The van der Waals surface area contributed by atoms with E-state index in [0.717, 1.165) is 19.1 Å². The van der Waals surface area contributed by atoms with E-state index in [1.165, 1.54) is 57.8 Å². The largest absolute Gasteiger partial charge is 0.460 e. The molecule has 0 bridgehead atoms. The van der Waals surface area contributed by atoms with Crippen molar-refractivity contribution in [1.82, 2.24) is 0 Å². The molecule has 0 heterocycles. The van der Waals surface area contributed by atoms with E-state index in [1.807, 2.05) is 0 Å². The van der Waals surface area contributed by atoms with Gasteiger partial charge in [-0.15, -0.1) is 0 Å². The average molecular weight is 505 g/mol. The molecule has 0 aliphatic rings. The molecule has 208 valence electrons. The predicted molar refractivity (Wildman–Crippen MR) is 138 cm³/mol. The molecule has 0 saturated carbocycles. The van der Waals surface area contributed by atoms with Crippen molar-refractivity contribution in [3.63, 3.8) is 0 Å². The van der Waals surface area contributed by atoms with Gasteiger partial charge in [0.25, 0.3) is 0 Å². The summed E-state index contributed by atoms with van der Waals surface area (Å²) in [6.07, 6.45) is 14.5. The summed E-state index contributed by atoms with van der Waals surface area (Å²) in [6, 6.07) is 0. The number of rotatable bonds is 30. The molecule has 0 aromatic rings. The third kappa shape index (κ3) is 30.9. The molecule has 0 amide bonds. The molecule has 0 rings (SSSR count). The minimum Gasteiger partial charge on any atom is -0.460 e. The van der Waals surface area contributed by atoms with Crippen molar-refractivity contribution in [1.29, 1.82) is 0 Å². The predicted octanol–water partition coefficient (Wildman–Crippen LogP) is 4.74. The van der Waals surface area contributed by atoms with E-state index in [9.17, 15) is 4.79 Å². The third-order valence-corrected chi connectivity index (χ3v) is 5.14. The van der Waals surface area contributed by atoms with E-state index < -0.39 is 5.97 Å². The van der Waals surface area contributed by atoms with Crippen LogP contribution in [-0.2, 0) is 38.0 Å². The van der Waals surface area contributed by atoms with E-state index in [-0.39, 0.29) is 6.61 Å². The van der Waals surface area contributed by atoms with Gasteiger partial charge in [0, 0.05) is 12.7 Å². The Bertz CT molecular complexity index is 433. The molecule has 0 saturated heterocycles. The lowest BCUT2D eigenvalue weighted by Gasteiger charge is -2.08. The minimum absolute atomic E-state index is 0.215. The van der Waals surface area contributed by atoms with Crippen LogP contribution in [-0.4, -0.2) is 91.9 Å². The molecule has 8 heteroatoms. The summed E-state index contributed by atoms with van der Waals surface area (Å²) in [5.41, 5.74) is 0. The number of esters is 1. The molecule has 0 unspecified atom stereocenters. The van der Waals surface area contributed by atoms with Crippen LogP contribution in [0.5, 0.6) is 0 Å². The number of carbonyl (C=O) groups excluding carboxylic acids is 1. The van der Waals surface area contributed by atoms with Gasteiger partial charge in [-0.3, -0.25) is 0 Å². The van der Waals surface area contributed by atoms with Crippen molar-refractivity contribution < 1.29 is 38.0 Å². The number of hydrogen-bond donors (Lipinski definition) is 0. The molecule has 0 aliphatic carbocycles. The number of hydrogen-bond acceptors (Lipinski definition) is 8. The van der Waals surface area contributed by atoms with Crippen molar-refractivity contribution in [3.8, 4) is 0 Å². The second kappa shape index (κ2) is 31.0. The Hall–Kier alpha value is -1.03. The van der Waals surface area contributed by atoms with Gasteiger partial charge in [0.2, 0.25) is 0 Å². The fraction of sp³-hybridized carbons (Fsp3) is 0.889. The molecule has 0 spiro atoms. The summed E-state index contributed by atoms with van der Waals surface area (Å²) >= 11 is 0. The van der Waals surface area contributed by atoms with Crippen molar-refractivity contribution in [2.75, 3.05) is 85.9 Å². The molecule has 35 heavy (non-hydrogen) atoms. The first-order valence-electron chi connectivity index (χ1n) is 13.6. The topological polar surface area (TPSA) is 81.7 Å². The Morgan fingerprint density at radius 3 is 1.17 bits per heavy atom. The molecule has 8 nitrogen and oxygen atoms in total. The Kier molecular flexibility index (Phi) is 30.1. The summed E-state index contributed by atoms with van der Waals surface area (Å²) in [5.74, 6) is -0.446. The van der Waals surface area contributed by atoms with E-state index in [2.05, 4.69) is 13.5 Å². The average Bonchev–Trinajstić information content (AvgIpc) is 2.87. The van der Waals surface area contributed by atoms with Crippen LogP contribution in [0.1, 0.15) is 71.1 Å². The maximum atomic E-state index is 10.8. The molecule has 0 fully saturated rings. The van der Waals surface area contributed by atoms with Crippen LogP contribution in [0, 0.1) is 0 Å². The Labute approximate surface area is 213 Å². The number of carbonyl (C=O) groups is 1. The van der Waals surface area contributed by atoms with Gasteiger partial charge in [-0.25, -0.2) is 4.79 Å². The lowest BCUT2D eigenvalue weighted by Crippen LogP contribution is -2.15. The SMILES string of the molecule is C=CC(=O)OCCOCCOCCOCCOCCOCCOCCCCCCCCCCCC. The maximum absolute atomic E-state index is 10.8. The molecular weight excluding hydrogens is 452 g/mol. The van der Waals surface area contributed by atoms with E-state index in [0.29, 0.717) is 72.7 Å². The highest BCUT2D eigenvalue weighted by atomic mass is 16.6. The quantitative estimate of drug-likeness (QED) is 0.0788. The molecule has 0 radical (unpaired) electrons. The molecule has 0 N–H and O–H groups in total. The molecule has 0 aromatic carbocycles. The van der Waals surface area contributed by atoms with Crippen molar-refractivity contribution in [2.24, 2.45) is 0 Å². The molecule has 0 aromatic heterocycles. The fourth-order valence-electron chi connectivity index (χ4n) is 3.15. The molecule has 0 atom stereocenters. The molecular formula is C27H52O8. The minimum atomic E-state index is -0.446. The highest BCUT2D eigenvalue weighted by molar-refractivity contribution is 5.81. The van der Waals surface area contributed by atoms with Crippen LogP contribution in [0.4, 0.5) is 0 Å². The van der Waals surface area contributed by atoms with Gasteiger partial charge in [-0.05, 0) is 6.42 Å². The Morgan fingerprint density at radius 1 is 0.486 bits per heavy atom. The summed E-state index contributed by atoms with van der Waals surface area (Å²) < 4.78 is 37.4. The zero-order chi connectivity index (χ0) is 25.5. The normalized spacial score (nSPS) is 11.1. The second-order valence-electron chi connectivity index (χ2n) is 8.23. The van der Waals surface area contributed by atoms with Crippen LogP contribution in [0.25, 0.3) is 0 Å². The van der Waals surface area contributed by atoms with Crippen LogP contribution >= 0.6 is 0 Å². The Balaban J connectivity index is 3.03. The van der Waals surface area contributed by atoms with Gasteiger partial charge in [0.15, 0.2) is 0 Å². The van der Waals surface area contributed by atoms with Gasteiger partial charge in [0.1, 0.15) is 6.61 Å². The first kappa shape index (κ1) is 34.0. The van der Waals surface area contributed by atoms with Crippen LogP contribution < -0.4 is 0 Å². The lowest BCUT2D eigenvalue weighted by molar-refractivity contribution is -0.139. The zero-order valence-electron chi connectivity index (χ0n) is 22.3. The number of ether oxygens (including phenoxy) is 7. The monoisotopic (exact) mass is 504 g/mol. The van der Waals surface area contributed by atoms with Crippen molar-refractivity contribution in [2.45, 2.75) is 71.1 Å². The first-order valence-corrected chi connectivity index (χ1v) is 13.6. The molecule has 0 aliphatic heterocycles. The second-order valence-corrected chi connectivity index (χ2v) is 8.23. The van der Waals surface area contributed by atoms with Crippen molar-refractivity contribution >= 4 is 5.97 Å². The first-order chi connectivity index (χ1) is 17.3. The van der Waals surface area contributed by atoms with Crippen LogP contribution in [0.2, 0.25) is 0 Å². The highest BCUT2D eigenvalue weighted by Crippen LogP contribution is 2.10. The lowest BCUT2D eigenvalue weighted by atomic mass is 10.1. The van der Waals surface area contributed by atoms with Gasteiger partial charge < -0.3 is 33.2 Å². The van der Waals surface area contributed by atoms with Gasteiger partial charge in [-0.1, -0.05) is 71.3 Å². The summed E-state index contributed by atoms with van der Waals surface area (Å²) in [4.78, 5) is 10.8. The van der Waals surface area contributed by atoms with Gasteiger partial charge >= 0.3 is 5.97 Å². The summed E-state index contributed by atoms with van der Waals surface area (Å²) in [7, 11) is 0. The van der Waals surface area contributed by atoms with Gasteiger partial charge in [0.05, 0.1) is 72.7 Å². The number of unbranched alkanes of at least 4 members (excludes halogenated alkanes) is 9. The highest BCUT2D eigenvalue weighted by Gasteiger charge is 1.97. The summed E-state index contributed by atoms with van der Waals surface area (Å²) in [6.45, 7) is 12.3. The maximum Gasteiger partial charge on any atom is 0.330 e. The fourth-order valence-corrected chi connectivity index (χ4v) is 3.15. The van der Waals surface area contributed by atoms with E-state index >= 15 is 0 Å². The van der Waals surface area contributed by atoms with Crippen molar-refractivity contribution in [3.05, 3.63) is 12.7 Å². The Morgan fingerprint density at radius 2 is 0.800 bits per heavy atom. The van der Waals surface area contributed by atoms with E-state index in [1.54, 1.807) is 0 Å². The third-order valence-electron chi connectivity index (χ3n) is 5.14. The van der Waals surface area contributed by atoms with Gasteiger partial charge in [-0.2, -0.15) is 0 Å². The van der Waals surface area contributed by atoms with Crippen LogP contribution in [0.3, 0.4) is 0 Å². The standard InChI is InChI=1S/C27H52O8/c1-3-5-6-7-8-9-10-11-12-13-14-29-15-16-30-17-18-31-19-20-32-21-22-33-23-24-34-25-26-35-27(28)4-2/h4H,2-3,5-26H2,1H3.